The van der Waals surface area contributed by atoms with Crippen LogP contribution in [0, 0.1) is 5.41 Å². The van der Waals surface area contributed by atoms with Crippen LogP contribution in [0.4, 0.5) is 0 Å². The Labute approximate surface area is 137 Å². The van der Waals surface area contributed by atoms with E-state index in [4.69, 9.17) is 4.52 Å². The van der Waals surface area contributed by atoms with E-state index in [-0.39, 0.29) is 18.2 Å². The van der Waals surface area contributed by atoms with Crippen LogP contribution >= 0.6 is 12.4 Å². The highest BCUT2D eigenvalue weighted by Gasteiger charge is 2.31. The van der Waals surface area contributed by atoms with Crippen molar-refractivity contribution in [1.82, 2.24) is 10.1 Å². The van der Waals surface area contributed by atoms with E-state index in [1.54, 1.807) is 6.07 Å². The van der Waals surface area contributed by atoms with Crippen molar-refractivity contribution < 1.29 is 9.32 Å². The Kier molecular flexibility index (Phi) is 6.33. The molecule has 5 heteroatoms. The molecular formula is C17H23ClN2O2. The van der Waals surface area contributed by atoms with Crippen LogP contribution in [0.25, 0.3) is 11.3 Å². The molecule has 0 fully saturated rings. The number of halogens is 1. The number of carbonyl (C=O) groups excluding carboxylic acids is 1. The Morgan fingerprint density at radius 3 is 2.45 bits per heavy atom. The van der Waals surface area contributed by atoms with Gasteiger partial charge in [0.25, 0.3) is 0 Å². The molecule has 0 aliphatic carbocycles. The summed E-state index contributed by atoms with van der Waals surface area (Å²) in [6.45, 7) is 4.76. The zero-order valence-corrected chi connectivity index (χ0v) is 14.3. The van der Waals surface area contributed by atoms with Crippen LogP contribution in [0.15, 0.2) is 40.9 Å². The van der Waals surface area contributed by atoms with E-state index in [1.807, 2.05) is 58.3 Å². The average Bonchev–Trinajstić information content (AvgIpc) is 2.95. The average molecular weight is 323 g/mol. The van der Waals surface area contributed by atoms with Gasteiger partial charge < -0.3 is 9.42 Å². The van der Waals surface area contributed by atoms with Crippen molar-refractivity contribution in [2.75, 3.05) is 20.6 Å². The fourth-order valence-corrected chi connectivity index (χ4v) is 2.08. The van der Waals surface area contributed by atoms with Gasteiger partial charge in [-0.2, -0.15) is 0 Å². The minimum absolute atomic E-state index is 0. The minimum atomic E-state index is -0.461. The third-order valence-electron chi connectivity index (χ3n) is 3.60. The first-order valence-electron chi connectivity index (χ1n) is 7.12. The largest absolute Gasteiger partial charge is 0.352 e. The van der Waals surface area contributed by atoms with Gasteiger partial charge in [0.05, 0.1) is 0 Å². The molecule has 2 aromatic rings. The molecule has 0 unspecified atom stereocenters. The number of hydrogen-bond acceptors (Lipinski definition) is 4. The van der Waals surface area contributed by atoms with Gasteiger partial charge in [-0.05, 0) is 27.1 Å². The highest BCUT2D eigenvalue weighted by molar-refractivity contribution is 5.98. The third-order valence-corrected chi connectivity index (χ3v) is 3.60. The highest BCUT2D eigenvalue weighted by atomic mass is 35.5. The van der Waals surface area contributed by atoms with Crippen LogP contribution in [-0.4, -0.2) is 36.5 Å². The van der Waals surface area contributed by atoms with Crippen LogP contribution in [0.2, 0.25) is 0 Å². The molecule has 0 radical (unpaired) electrons. The first-order valence-corrected chi connectivity index (χ1v) is 7.12. The van der Waals surface area contributed by atoms with Gasteiger partial charge in [-0.1, -0.05) is 49.3 Å². The predicted molar refractivity (Wildman–Crippen MR) is 90.5 cm³/mol. The standard InChI is InChI=1S/C17H22N2O2.ClH/c1-17(2,10-11-19(3)4)16(20)15-12-14(18-21-15)13-8-6-5-7-9-13;/h5-9,12H,10-11H2,1-4H3;1H. The van der Waals surface area contributed by atoms with Gasteiger partial charge in [0.2, 0.25) is 11.5 Å². The lowest BCUT2D eigenvalue weighted by molar-refractivity contribution is 0.0776. The van der Waals surface area contributed by atoms with E-state index in [9.17, 15) is 4.79 Å². The number of Topliss-reactive ketones (excluding diaryl/α,β-unsaturated/α-hetero) is 1. The first-order chi connectivity index (χ1) is 9.90. The van der Waals surface area contributed by atoms with E-state index in [0.29, 0.717) is 11.5 Å². The van der Waals surface area contributed by atoms with Gasteiger partial charge in [0.15, 0.2) is 0 Å². The molecule has 0 aliphatic heterocycles. The fraction of sp³-hybridized carbons (Fsp3) is 0.412. The number of rotatable bonds is 6. The molecule has 1 aromatic carbocycles. The Hall–Kier alpha value is -1.65. The number of nitrogens with zero attached hydrogens (tertiary/aromatic N) is 2. The normalized spacial score (nSPS) is 11.3. The quantitative estimate of drug-likeness (QED) is 0.756. The van der Waals surface area contributed by atoms with Gasteiger partial charge in [0.1, 0.15) is 5.69 Å². The van der Waals surface area contributed by atoms with Crippen LogP contribution in [0.5, 0.6) is 0 Å². The van der Waals surface area contributed by atoms with Crippen molar-refractivity contribution in [3.63, 3.8) is 0 Å². The topological polar surface area (TPSA) is 46.3 Å². The summed E-state index contributed by atoms with van der Waals surface area (Å²) in [5.41, 5.74) is 1.19. The summed E-state index contributed by atoms with van der Waals surface area (Å²) >= 11 is 0. The maximum atomic E-state index is 12.6. The maximum Gasteiger partial charge on any atom is 0.206 e. The van der Waals surface area contributed by atoms with Crippen LogP contribution in [0.3, 0.4) is 0 Å². The van der Waals surface area contributed by atoms with Crippen molar-refractivity contribution in [2.24, 2.45) is 5.41 Å². The molecular weight excluding hydrogens is 300 g/mol. The lowest BCUT2D eigenvalue weighted by Gasteiger charge is -2.23. The Morgan fingerprint density at radius 1 is 1.23 bits per heavy atom. The van der Waals surface area contributed by atoms with Crippen LogP contribution in [-0.2, 0) is 0 Å². The highest BCUT2D eigenvalue weighted by Crippen LogP contribution is 2.28. The second-order valence-corrected chi connectivity index (χ2v) is 6.21. The number of hydrogen-bond donors (Lipinski definition) is 0. The van der Waals surface area contributed by atoms with E-state index in [2.05, 4.69) is 10.1 Å². The minimum Gasteiger partial charge on any atom is -0.352 e. The molecule has 0 bridgehead atoms. The van der Waals surface area contributed by atoms with Crippen molar-refractivity contribution in [2.45, 2.75) is 20.3 Å². The molecule has 4 nitrogen and oxygen atoms in total. The fourth-order valence-electron chi connectivity index (χ4n) is 2.08. The maximum absolute atomic E-state index is 12.6. The second-order valence-electron chi connectivity index (χ2n) is 6.21. The molecule has 120 valence electrons. The summed E-state index contributed by atoms with van der Waals surface area (Å²) in [6.07, 6.45) is 0.778. The summed E-state index contributed by atoms with van der Waals surface area (Å²) in [7, 11) is 4.00. The number of ketones is 1. The second kappa shape index (κ2) is 7.56. The van der Waals surface area contributed by atoms with Crippen molar-refractivity contribution >= 4 is 18.2 Å². The molecule has 1 heterocycles. The van der Waals surface area contributed by atoms with E-state index in [0.717, 1.165) is 18.5 Å². The lowest BCUT2D eigenvalue weighted by Crippen LogP contribution is -2.28. The zero-order valence-electron chi connectivity index (χ0n) is 13.5. The molecule has 0 aliphatic rings. The van der Waals surface area contributed by atoms with Gasteiger partial charge >= 0.3 is 0 Å². The van der Waals surface area contributed by atoms with Crippen molar-refractivity contribution in [3.8, 4) is 11.3 Å². The zero-order chi connectivity index (χ0) is 15.5. The Morgan fingerprint density at radius 2 is 1.86 bits per heavy atom. The summed E-state index contributed by atoms with van der Waals surface area (Å²) < 4.78 is 5.26. The molecule has 0 amide bonds. The van der Waals surface area contributed by atoms with Crippen LogP contribution in [0.1, 0.15) is 30.8 Å². The predicted octanol–water partition coefficient (Wildman–Crippen LogP) is 3.92. The molecule has 1 aromatic heterocycles. The first kappa shape index (κ1) is 18.4. The Balaban J connectivity index is 0.00000242. The number of benzene rings is 1. The summed E-state index contributed by atoms with van der Waals surface area (Å²) in [5, 5.41) is 4.01. The van der Waals surface area contributed by atoms with E-state index < -0.39 is 5.41 Å². The number of aromatic nitrogens is 1. The summed E-state index contributed by atoms with van der Waals surface area (Å²) in [4.78, 5) is 14.6. The molecule has 0 atom stereocenters. The Bertz CT molecular complexity index is 606. The summed E-state index contributed by atoms with van der Waals surface area (Å²) in [6, 6.07) is 11.4. The van der Waals surface area contributed by atoms with Crippen molar-refractivity contribution in [3.05, 3.63) is 42.2 Å². The SMILES string of the molecule is CN(C)CCC(C)(C)C(=O)c1cc(-c2ccccc2)no1.Cl. The molecule has 0 spiro atoms. The van der Waals surface area contributed by atoms with E-state index >= 15 is 0 Å². The third kappa shape index (κ3) is 4.42. The van der Waals surface area contributed by atoms with Gasteiger partial charge in [-0.15, -0.1) is 12.4 Å². The number of carbonyl (C=O) groups is 1. The molecule has 0 saturated heterocycles. The monoisotopic (exact) mass is 322 g/mol. The smallest absolute Gasteiger partial charge is 0.206 e. The molecule has 0 N–H and O–H groups in total. The van der Waals surface area contributed by atoms with Crippen molar-refractivity contribution in [1.29, 1.82) is 0 Å². The van der Waals surface area contributed by atoms with Gasteiger partial charge in [-0.3, -0.25) is 4.79 Å². The molecule has 22 heavy (non-hydrogen) atoms. The molecule has 2 rings (SSSR count). The molecule has 0 saturated carbocycles. The summed E-state index contributed by atoms with van der Waals surface area (Å²) in [5.74, 6) is 0.330. The van der Waals surface area contributed by atoms with E-state index in [1.165, 1.54) is 0 Å². The van der Waals surface area contributed by atoms with Gasteiger partial charge in [0, 0.05) is 17.0 Å². The lowest BCUT2D eigenvalue weighted by atomic mass is 9.83. The van der Waals surface area contributed by atoms with Gasteiger partial charge in [-0.25, -0.2) is 0 Å². The van der Waals surface area contributed by atoms with Crippen LogP contribution < -0.4 is 0 Å².